The number of hydrogen-bond acceptors (Lipinski definition) is 0. The van der Waals surface area contributed by atoms with Gasteiger partial charge in [0.05, 0.1) is 14.1 Å². The average molecular weight is 352 g/mol. The molecule has 0 radical (unpaired) electrons. The molecule has 5 nitrogen and oxygen atoms in total. The first-order chi connectivity index (χ1) is 13.3. The number of rotatable bonds is 0. The zero-order valence-electron chi connectivity index (χ0n) is 15.2. The lowest BCUT2D eigenvalue weighted by Crippen LogP contribution is -2.42. The van der Waals surface area contributed by atoms with E-state index >= 15 is 0 Å². The number of para-hydroxylation sites is 4. The predicted molar refractivity (Wildman–Crippen MR) is 101 cm³/mol. The molecular weight excluding hydrogens is 334 g/mol. The predicted octanol–water partition coefficient (Wildman–Crippen LogP) is 2.05. The summed E-state index contributed by atoms with van der Waals surface area (Å²) in [6.45, 7) is 0. The topological polar surface area (TPSA) is 21.5 Å². The molecule has 2 aliphatic rings. The summed E-state index contributed by atoms with van der Waals surface area (Å²) in [5.41, 5.74) is 7.59. The Bertz CT molecular complexity index is 1350. The van der Waals surface area contributed by atoms with Crippen molar-refractivity contribution in [3.05, 3.63) is 66.7 Å². The van der Waals surface area contributed by atoms with E-state index in [2.05, 4.69) is 104 Å². The zero-order valence-corrected chi connectivity index (χ0v) is 15.2. The SMILES string of the molecule is C[n+]1c2n(c3ccccc31)C1n3c([n+](C)c4ccccc43)-c3cccc-2[n+]31. The van der Waals surface area contributed by atoms with Crippen LogP contribution in [0.4, 0.5) is 0 Å². The van der Waals surface area contributed by atoms with Crippen LogP contribution in [0.1, 0.15) is 6.29 Å². The number of hydrogen-bond donors (Lipinski definition) is 0. The summed E-state index contributed by atoms with van der Waals surface area (Å²) in [7, 11) is 4.34. The molecule has 0 atom stereocenters. The molecule has 128 valence electrons. The van der Waals surface area contributed by atoms with E-state index < -0.39 is 0 Å². The van der Waals surface area contributed by atoms with Gasteiger partial charge in [0, 0.05) is 12.1 Å². The summed E-state index contributed by atoms with van der Waals surface area (Å²) < 4.78 is 12.1. The fourth-order valence-corrected chi connectivity index (χ4v) is 5.22. The lowest BCUT2D eigenvalue weighted by Gasteiger charge is -1.99. The van der Waals surface area contributed by atoms with Crippen molar-refractivity contribution in [3.8, 4) is 23.0 Å². The third-order valence-corrected chi connectivity index (χ3v) is 6.28. The van der Waals surface area contributed by atoms with Crippen LogP contribution in [0.2, 0.25) is 0 Å². The van der Waals surface area contributed by atoms with E-state index in [0.717, 1.165) is 0 Å². The molecular formula is C22H18N5+3. The second kappa shape index (κ2) is 4.26. The Labute approximate surface area is 155 Å². The van der Waals surface area contributed by atoms with Crippen LogP contribution in [0.15, 0.2) is 66.7 Å². The maximum Gasteiger partial charge on any atom is 0.452 e. The quantitative estimate of drug-likeness (QED) is 0.373. The fourth-order valence-electron chi connectivity index (χ4n) is 5.22. The lowest BCUT2D eigenvalue weighted by atomic mass is 10.2. The van der Waals surface area contributed by atoms with Crippen molar-refractivity contribution in [2.24, 2.45) is 14.1 Å². The minimum Gasteiger partial charge on any atom is -0.220 e. The molecule has 0 spiro atoms. The molecule has 0 saturated heterocycles. The van der Waals surface area contributed by atoms with Gasteiger partial charge in [0.25, 0.3) is 0 Å². The van der Waals surface area contributed by atoms with Crippen molar-refractivity contribution in [2.45, 2.75) is 6.29 Å². The molecule has 2 aromatic carbocycles. The van der Waals surface area contributed by atoms with Crippen molar-refractivity contribution < 1.29 is 13.7 Å². The molecule has 0 N–H and O–H groups in total. The molecule has 0 amide bonds. The van der Waals surface area contributed by atoms with Crippen LogP contribution in [-0.2, 0) is 14.1 Å². The first kappa shape index (κ1) is 13.7. The third-order valence-electron chi connectivity index (χ3n) is 6.28. The Balaban J connectivity index is 1.74. The van der Waals surface area contributed by atoms with Crippen molar-refractivity contribution in [3.63, 3.8) is 0 Å². The summed E-state index contributed by atoms with van der Waals surface area (Å²) in [6, 6.07) is 24.0. The highest BCUT2D eigenvalue weighted by molar-refractivity contribution is 5.79. The first-order valence-electron chi connectivity index (χ1n) is 9.30. The molecule has 5 heteroatoms. The Morgan fingerprint density at radius 1 is 0.630 bits per heavy atom. The van der Waals surface area contributed by atoms with Crippen LogP contribution in [0.5, 0.6) is 0 Å². The van der Waals surface area contributed by atoms with Crippen molar-refractivity contribution in [1.29, 1.82) is 0 Å². The van der Waals surface area contributed by atoms with Crippen LogP contribution < -0.4 is 13.7 Å². The van der Waals surface area contributed by atoms with Crippen LogP contribution in [0.25, 0.3) is 45.1 Å². The van der Waals surface area contributed by atoms with E-state index in [4.69, 9.17) is 0 Å². The van der Waals surface area contributed by atoms with Gasteiger partial charge in [0.1, 0.15) is 0 Å². The number of benzene rings is 2. The van der Waals surface area contributed by atoms with Crippen molar-refractivity contribution in [1.82, 2.24) is 9.13 Å². The van der Waals surface area contributed by atoms with Gasteiger partial charge < -0.3 is 0 Å². The first-order valence-corrected chi connectivity index (χ1v) is 9.30. The summed E-state index contributed by atoms with van der Waals surface area (Å²) in [4.78, 5) is 0. The second-order valence-corrected chi connectivity index (χ2v) is 7.50. The van der Waals surface area contributed by atoms with E-state index in [0.29, 0.717) is 0 Å². The standard InChI is InChI=1S/C22H18N5/c1-23-14-8-3-5-10-16(14)26-20(23)18-12-7-13-19-21-24(2)15-9-4-6-11-17(15)27(21)22(26)25(18)19/h3-13,22H,1-2H3/q+3. The van der Waals surface area contributed by atoms with Gasteiger partial charge in [-0.05, 0) is 30.3 Å². The van der Waals surface area contributed by atoms with E-state index in [1.807, 2.05) is 0 Å². The van der Waals surface area contributed by atoms with E-state index in [9.17, 15) is 0 Å². The highest BCUT2D eigenvalue weighted by Crippen LogP contribution is 2.39. The molecule has 2 aliphatic heterocycles. The number of aryl methyl sites for hydroxylation is 2. The number of pyridine rings is 1. The Kier molecular flexibility index (Phi) is 2.16. The number of nitrogens with zero attached hydrogens (tertiary/aromatic N) is 5. The maximum atomic E-state index is 2.48. The van der Waals surface area contributed by atoms with Gasteiger partial charge in [-0.1, -0.05) is 28.8 Å². The molecule has 7 rings (SSSR count). The average Bonchev–Trinajstić information content (AvgIpc) is 3.39. The monoisotopic (exact) mass is 352 g/mol. The van der Waals surface area contributed by atoms with Gasteiger partial charge in [-0.25, -0.2) is 9.13 Å². The van der Waals surface area contributed by atoms with E-state index in [-0.39, 0.29) is 6.29 Å². The van der Waals surface area contributed by atoms with Gasteiger partial charge in [0.2, 0.25) is 0 Å². The minimum atomic E-state index is 0.0957. The summed E-state index contributed by atoms with van der Waals surface area (Å²) in [5.74, 6) is 2.52. The molecule has 0 unspecified atom stereocenters. The van der Waals surface area contributed by atoms with Crippen molar-refractivity contribution >= 4 is 22.1 Å². The van der Waals surface area contributed by atoms with Crippen LogP contribution >= 0.6 is 0 Å². The van der Waals surface area contributed by atoms with Crippen LogP contribution in [0.3, 0.4) is 0 Å². The maximum absolute atomic E-state index is 2.48. The third kappa shape index (κ3) is 1.33. The van der Waals surface area contributed by atoms with Crippen LogP contribution in [0, 0.1) is 0 Å². The molecule has 0 fully saturated rings. The largest absolute Gasteiger partial charge is 0.452 e. The van der Waals surface area contributed by atoms with Gasteiger partial charge >= 0.3 is 29.3 Å². The van der Waals surface area contributed by atoms with Gasteiger partial charge in [-0.2, -0.15) is 0 Å². The molecule has 0 saturated carbocycles. The number of fused-ring (bicyclic) bond motifs is 10. The molecule has 3 aromatic heterocycles. The molecule has 5 heterocycles. The molecule has 0 bridgehead atoms. The Morgan fingerprint density at radius 2 is 1.11 bits per heavy atom. The van der Waals surface area contributed by atoms with Crippen LogP contribution in [-0.4, -0.2) is 9.13 Å². The summed E-state index contributed by atoms with van der Waals surface area (Å²) in [6.07, 6.45) is 0.0957. The van der Waals surface area contributed by atoms with E-state index in [1.165, 1.54) is 45.1 Å². The zero-order chi connectivity index (χ0) is 17.9. The van der Waals surface area contributed by atoms with Gasteiger partial charge in [-0.15, -0.1) is 9.13 Å². The highest BCUT2D eigenvalue weighted by atomic mass is 15.5. The fraction of sp³-hybridized carbons (Fsp3) is 0.136. The molecule has 0 aliphatic carbocycles. The lowest BCUT2D eigenvalue weighted by molar-refractivity contribution is -0.701. The summed E-state index contributed by atoms with van der Waals surface area (Å²) >= 11 is 0. The smallest absolute Gasteiger partial charge is 0.220 e. The summed E-state index contributed by atoms with van der Waals surface area (Å²) in [5, 5.41) is 0. The van der Waals surface area contributed by atoms with Crippen molar-refractivity contribution in [2.75, 3.05) is 0 Å². The minimum absolute atomic E-state index is 0.0957. The number of aromatic nitrogens is 5. The Morgan fingerprint density at radius 3 is 1.63 bits per heavy atom. The van der Waals surface area contributed by atoms with Gasteiger partial charge in [0.15, 0.2) is 22.1 Å². The highest BCUT2D eigenvalue weighted by Gasteiger charge is 2.60. The molecule has 5 aromatic rings. The normalized spacial score (nSPS) is 14.1. The second-order valence-electron chi connectivity index (χ2n) is 7.50. The Hall–Kier alpha value is -3.47. The molecule has 27 heavy (non-hydrogen) atoms. The number of imidazole rings is 2. The van der Waals surface area contributed by atoms with E-state index in [1.54, 1.807) is 0 Å². The van der Waals surface area contributed by atoms with Gasteiger partial charge in [-0.3, -0.25) is 0 Å².